The molecule has 0 aromatic heterocycles. The van der Waals surface area contributed by atoms with Crippen LogP contribution in [-0.4, -0.2) is 39.5 Å². The summed E-state index contributed by atoms with van der Waals surface area (Å²) in [6.45, 7) is 0. The number of hydrogen-bond donors (Lipinski definition) is 2. The SMILES string of the molecule is O=S(=O)([O-])c1cc(NS(=O)(=O)c2ccccc2)c2c(O)c(N=Nc3cc(Cl)ccc3Oc3ccccc3)c(S(=O)(=O)[O-])cc2c1.[Na+].[Na+]. The molecule has 0 fully saturated rings. The van der Waals surface area contributed by atoms with E-state index < -0.39 is 67.9 Å². The minimum Gasteiger partial charge on any atom is -0.744 e. The standard InChI is InChI=1S/C28H20ClN3O10S3.2Na/c29-18-11-12-24(42-19-7-3-1-4-8-19)22(15-18)30-31-27-25(45(39,40)41)14-17-13-21(44(36,37)38)16-23(26(17)28(27)33)32-43(34,35)20-9-5-2-6-10-20;;/h1-16,32-33H,(H,36,37,38)(H,39,40,41);;/q;2*+1/p-2. The largest absolute Gasteiger partial charge is 1.00 e. The van der Waals surface area contributed by atoms with Crippen molar-refractivity contribution in [1.29, 1.82) is 0 Å². The van der Waals surface area contributed by atoms with Crippen molar-refractivity contribution in [2.24, 2.45) is 10.2 Å². The minimum atomic E-state index is -5.45. The molecule has 13 nitrogen and oxygen atoms in total. The van der Waals surface area contributed by atoms with Crippen molar-refractivity contribution < 1.29 is 103 Å². The second-order valence-corrected chi connectivity index (χ2v) is 14.0. The molecule has 5 aromatic rings. The van der Waals surface area contributed by atoms with E-state index in [1.165, 1.54) is 42.5 Å². The number of hydrogen-bond acceptors (Lipinski definition) is 12. The molecule has 0 heterocycles. The predicted molar refractivity (Wildman–Crippen MR) is 161 cm³/mol. The molecule has 0 atom stereocenters. The van der Waals surface area contributed by atoms with Gasteiger partial charge in [0.1, 0.15) is 37.4 Å². The molecule has 19 heteroatoms. The van der Waals surface area contributed by atoms with Crippen LogP contribution < -0.4 is 68.6 Å². The molecular formula is C28H18ClN3Na2O10S3. The Labute approximate surface area is 318 Å². The number of nitrogens with zero attached hydrogens (tertiary/aromatic N) is 2. The van der Waals surface area contributed by atoms with E-state index in [2.05, 4.69) is 15.0 Å². The van der Waals surface area contributed by atoms with Crippen LogP contribution in [0.25, 0.3) is 10.8 Å². The summed E-state index contributed by atoms with van der Waals surface area (Å²) in [6.07, 6.45) is 0. The number of anilines is 1. The van der Waals surface area contributed by atoms with Gasteiger partial charge in [0, 0.05) is 5.02 Å². The van der Waals surface area contributed by atoms with Crippen LogP contribution in [-0.2, 0) is 30.3 Å². The third-order valence-corrected chi connectivity index (χ3v) is 9.41. The van der Waals surface area contributed by atoms with Gasteiger partial charge in [-0.05, 0) is 66.0 Å². The fourth-order valence-electron chi connectivity index (χ4n) is 4.15. The molecule has 0 saturated heterocycles. The van der Waals surface area contributed by atoms with Gasteiger partial charge in [-0.3, -0.25) is 4.72 Å². The molecule has 2 N–H and O–H groups in total. The van der Waals surface area contributed by atoms with Crippen molar-refractivity contribution in [1.82, 2.24) is 0 Å². The third kappa shape index (κ3) is 9.11. The molecule has 5 rings (SSSR count). The Morgan fingerprint density at radius 2 is 1.34 bits per heavy atom. The van der Waals surface area contributed by atoms with Gasteiger partial charge in [-0.1, -0.05) is 48.0 Å². The van der Waals surface area contributed by atoms with Gasteiger partial charge in [0.15, 0.2) is 11.5 Å². The monoisotopic (exact) mass is 733 g/mol. The van der Waals surface area contributed by atoms with E-state index in [0.29, 0.717) is 23.9 Å². The first-order chi connectivity index (χ1) is 21.1. The number of sulfonamides is 1. The molecule has 0 aliphatic rings. The maximum atomic E-state index is 13.1. The number of rotatable bonds is 9. The Hall–Kier alpha value is -2.58. The van der Waals surface area contributed by atoms with Crippen LogP contribution in [0, 0.1) is 0 Å². The maximum Gasteiger partial charge on any atom is 1.00 e. The number of phenolic OH excluding ortho intramolecular Hbond substituents is 1. The van der Waals surface area contributed by atoms with Gasteiger partial charge in [0.2, 0.25) is 0 Å². The summed E-state index contributed by atoms with van der Waals surface area (Å²) in [5, 5.41) is 18.2. The fourth-order valence-corrected chi connectivity index (χ4v) is 6.58. The van der Waals surface area contributed by atoms with Crippen LogP contribution in [0.3, 0.4) is 0 Å². The van der Waals surface area contributed by atoms with Gasteiger partial charge in [-0.25, -0.2) is 25.3 Å². The smallest absolute Gasteiger partial charge is 0.744 e. The molecule has 47 heavy (non-hydrogen) atoms. The molecule has 5 aromatic carbocycles. The zero-order valence-corrected chi connectivity index (χ0v) is 31.6. The van der Waals surface area contributed by atoms with E-state index >= 15 is 0 Å². The van der Waals surface area contributed by atoms with Crippen molar-refractivity contribution in [2.75, 3.05) is 4.72 Å². The quantitative estimate of drug-likeness (QED) is 0.118. The summed E-state index contributed by atoms with van der Waals surface area (Å²) < 4.78 is 107. The van der Waals surface area contributed by atoms with Gasteiger partial charge >= 0.3 is 59.1 Å². The number of ether oxygens (including phenoxy) is 1. The summed E-state index contributed by atoms with van der Waals surface area (Å²) in [4.78, 5) is -2.40. The molecule has 0 unspecified atom stereocenters. The maximum absolute atomic E-state index is 13.1. The Morgan fingerprint density at radius 1 is 0.723 bits per heavy atom. The number of azo groups is 1. The van der Waals surface area contributed by atoms with Crippen LogP contribution in [0.5, 0.6) is 17.2 Å². The second kappa shape index (κ2) is 15.3. The minimum absolute atomic E-state index is 0. The molecule has 0 radical (unpaired) electrons. The number of fused-ring (bicyclic) bond motifs is 1. The average Bonchev–Trinajstić information content (AvgIpc) is 2.97. The molecule has 0 amide bonds. The van der Waals surface area contributed by atoms with Gasteiger partial charge in [-0.15, -0.1) is 10.2 Å². The second-order valence-electron chi connectivity index (χ2n) is 9.19. The topological polar surface area (TPSA) is 215 Å². The van der Waals surface area contributed by atoms with E-state index in [9.17, 15) is 39.5 Å². The summed E-state index contributed by atoms with van der Waals surface area (Å²) in [5.41, 5.74) is -1.61. The number of aromatic hydroxyl groups is 1. The number of nitrogens with one attached hydrogen (secondary N) is 1. The molecule has 0 aliphatic carbocycles. The van der Waals surface area contributed by atoms with Gasteiger partial charge < -0.3 is 18.9 Å². The van der Waals surface area contributed by atoms with Gasteiger partial charge in [-0.2, -0.15) is 0 Å². The predicted octanol–water partition coefficient (Wildman–Crippen LogP) is 0.0235. The number of benzene rings is 5. The van der Waals surface area contributed by atoms with E-state index in [4.69, 9.17) is 16.3 Å². The van der Waals surface area contributed by atoms with Crippen LogP contribution in [0.1, 0.15) is 0 Å². The molecule has 0 bridgehead atoms. The van der Waals surface area contributed by atoms with E-state index in [1.807, 2.05) is 0 Å². The Balaban J connectivity index is 0.00000300. The molecule has 232 valence electrons. The van der Waals surface area contributed by atoms with Crippen molar-refractivity contribution in [3.63, 3.8) is 0 Å². The summed E-state index contributed by atoms with van der Waals surface area (Å²) in [6, 6.07) is 21.4. The summed E-state index contributed by atoms with van der Waals surface area (Å²) >= 11 is 6.11. The van der Waals surface area contributed by atoms with Crippen LogP contribution in [0.2, 0.25) is 5.02 Å². The first kappa shape index (κ1) is 38.9. The summed E-state index contributed by atoms with van der Waals surface area (Å²) in [7, 11) is -15.2. The molecular weight excluding hydrogens is 716 g/mol. The van der Waals surface area contributed by atoms with E-state index in [1.54, 1.807) is 36.4 Å². The van der Waals surface area contributed by atoms with Crippen LogP contribution >= 0.6 is 11.6 Å². The molecule has 0 spiro atoms. The Kier molecular flexibility index (Phi) is 12.7. The van der Waals surface area contributed by atoms with E-state index in [-0.39, 0.29) is 80.5 Å². The third-order valence-electron chi connectivity index (χ3n) is 6.13. The number of phenols is 1. The van der Waals surface area contributed by atoms with E-state index in [0.717, 1.165) is 0 Å². The average molecular weight is 734 g/mol. The molecule has 0 saturated carbocycles. The normalized spacial score (nSPS) is 11.9. The Bertz CT molecular complexity index is 2310. The zero-order chi connectivity index (χ0) is 32.6. The number of para-hydroxylation sites is 1. The molecule has 0 aliphatic heterocycles. The van der Waals surface area contributed by atoms with Crippen molar-refractivity contribution in [3.05, 3.63) is 102 Å². The number of halogens is 1. The fraction of sp³-hybridized carbons (Fsp3) is 0. The van der Waals surface area contributed by atoms with Crippen molar-refractivity contribution >= 4 is 69.7 Å². The Morgan fingerprint density at radius 3 is 1.94 bits per heavy atom. The van der Waals surface area contributed by atoms with Crippen molar-refractivity contribution in [3.8, 4) is 17.2 Å². The zero-order valence-electron chi connectivity index (χ0n) is 24.4. The summed E-state index contributed by atoms with van der Waals surface area (Å²) in [5.74, 6) is -0.575. The van der Waals surface area contributed by atoms with Crippen LogP contribution in [0.4, 0.5) is 17.1 Å². The van der Waals surface area contributed by atoms with Gasteiger partial charge in [0.05, 0.1) is 25.8 Å². The van der Waals surface area contributed by atoms with Gasteiger partial charge in [0.25, 0.3) is 10.0 Å². The van der Waals surface area contributed by atoms with Crippen molar-refractivity contribution in [2.45, 2.75) is 14.7 Å². The van der Waals surface area contributed by atoms with Crippen LogP contribution in [0.15, 0.2) is 122 Å². The first-order valence-electron chi connectivity index (χ1n) is 12.4. The first-order valence-corrected chi connectivity index (χ1v) is 17.1.